The Morgan fingerprint density at radius 1 is 1.00 bits per heavy atom. The lowest BCUT2D eigenvalue weighted by Crippen LogP contribution is -1.98. The molecule has 2 aromatic carbocycles. The molecular formula is C19H15BrN4S. The van der Waals surface area contributed by atoms with Gasteiger partial charge in [0.2, 0.25) is 0 Å². The zero-order valence-corrected chi connectivity index (χ0v) is 15.9. The minimum absolute atomic E-state index is 0.657. The van der Waals surface area contributed by atoms with Gasteiger partial charge in [-0.25, -0.2) is 4.68 Å². The van der Waals surface area contributed by atoms with Gasteiger partial charge in [0.25, 0.3) is 0 Å². The van der Waals surface area contributed by atoms with Gasteiger partial charge in [-0.05, 0) is 55.5 Å². The van der Waals surface area contributed by atoms with Crippen LogP contribution >= 0.6 is 28.1 Å². The largest absolute Gasteiger partial charge is 0.330 e. The number of H-pyrrole nitrogens is 1. The summed E-state index contributed by atoms with van der Waals surface area (Å²) in [7, 11) is 0. The summed E-state index contributed by atoms with van der Waals surface area (Å²) in [6, 6.07) is 18.2. The summed E-state index contributed by atoms with van der Waals surface area (Å²) in [5.41, 5.74) is 5.10. The van der Waals surface area contributed by atoms with Crippen molar-refractivity contribution >= 4 is 28.1 Å². The van der Waals surface area contributed by atoms with Crippen molar-refractivity contribution < 1.29 is 0 Å². The molecule has 1 N–H and O–H groups in total. The number of hydrogen-bond donors (Lipinski definition) is 1. The fourth-order valence-corrected chi connectivity index (χ4v) is 3.36. The molecule has 0 radical (unpaired) electrons. The Balaban J connectivity index is 1.77. The molecular weight excluding hydrogens is 396 g/mol. The van der Waals surface area contributed by atoms with Crippen LogP contribution in [0.2, 0.25) is 0 Å². The predicted octanol–water partition coefficient (Wildman–Crippen LogP) is 5.46. The highest BCUT2D eigenvalue weighted by Crippen LogP contribution is 2.25. The number of nitrogens with one attached hydrogen (secondary N) is 1. The predicted molar refractivity (Wildman–Crippen MR) is 106 cm³/mol. The van der Waals surface area contributed by atoms with Crippen molar-refractivity contribution in [1.82, 2.24) is 19.3 Å². The van der Waals surface area contributed by atoms with Crippen LogP contribution in [0.15, 0.2) is 71.5 Å². The van der Waals surface area contributed by atoms with Gasteiger partial charge < -0.3 is 4.98 Å². The fraction of sp³-hybridized carbons (Fsp3) is 0.0526. The molecule has 4 aromatic rings. The Morgan fingerprint density at radius 3 is 2.44 bits per heavy atom. The molecule has 0 spiro atoms. The van der Waals surface area contributed by atoms with Crippen molar-refractivity contribution in [2.45, 2.75) is 6.92 Å². The molecule has 0 fully saturated rings. The maximum atomic E-state index is 5.50. The molecule has 2 heterocycles. The van der Waals surface area contributed by atoms with Gasteiger partial charge in [-0.2, -0.15) is 5.10 Å². The molecule has 0 aliphatic rings. The summed E-state index contributed by atoms with van der Waals surface area (Å²) in [6.07, 6.45) is 3.89. The van der Waals surface area contributed by atoms with E-state index in [-0.39, 0.29) is 0 Å². The van der Waals surface area contributed by atoms with Crippen molar-refractivity contribution in [3.05, 3.63) is 81.9 Å². The van der Waals surface area contributed by atoms with Crippen molar-refractivity contribution in [3.63, 3.8) is 0 Å². The lowest BCUT2D eigenvalue weighted by Gasteiger charge is -2.04. The summed E-state index contributed by atoms with van der Waals surface area (Å²) in [4.78, 5) is 3.29. The number of rotatable bonds is 3. The van der Waals surface area contributed by atoms with Crippen LogP contribution in [0.1, 0.15) is 5.69 Å². The third-order valence-corrected chi connectivity index (χ3v) is 4.95. The van der Waals surface area contributed by atoms with Crippen LogP contribution < -0.4 is 0 Å². The summed E-state index contributed by atoms with van der Waals surface area (Å²) in [6.45, 7) is 2.06. The molecule has 0 saturated heterocycles. The van der Waals surface area contributed by atoms with Gasteiger partial charge in [-0.1, -0.05) is 34.1 Å². The Morgan fingerprint density at radius 2 is 1.72 bits per heavy atom. The number of imidazole rings is 1. The maximum absolute atomic E-state index is 5.50. The van der Waals surface area contributed by atoms with E-state index in [1.165, 1.54) is 0 Å². The second-order valence-corrected chi connectivity index (χ2v) is 7.01. The van der Waals surface area contributed by atoms with Crippen LogP contribution in [0.3, 0.4) is 0 Å². The van der Waals surface area contributed by atoms with E-state index in [2.05, 4.69) is 32.9 Å². The van der Waals surface area contributed by atoms with Gasteiger partial charge in [-0.15, -0.1) is 0 Å². The van der Waals surface area contributed by atoms with E-state index in [1.807, 2.05) is 76.2 Å². The second kappa shape index (κ2) is 6.46. The van der Waals surface area contributed by atoms with Crippen molar-refractivity contribution in [3.8, 4) is 22.6 Å². The van der Waals surface area contributed by atoms with E-state index >= 15 is 0 Å². The standard InChI is InChI=1S/C19H15BrN4S/c1-13-17(11-21-24(13)16-5-3-2-4-6-16)18-12-23(19(25)22-18)15-9-7-14(20)8-10-15/h2-12H,1H3,(H,22,25). The van der Waals surface area contributed by atoms with Gasteiger partial charge >= 0.3 is 0 Å². The first-order valence-electron chi connectivity index (χ1n) is 7.81. The third kappa shape index (κ3) is 2.99. The summed E-state index contributed by atoms with van der Waals surface area (Å²) in [5.74, 6) is 0. The van der Waals surface area contributed by atoms with Gasteiger partial charge in [0.15, 0.2) is 4.77 Å². The molecule has 0 amide bonds. The smallest absolute Gasteiger partial charge is 0.182 e. The minimum atomic E-state index is 0.657. The molecule has 2 aromatic heterocycles. The Bertz CT molecular complexity index is 1070. The van der Waals surface area contributed by atoms with Crippen LogP contribution in [0.5, 0.6) is 0 Å². The van der Waals surface area contributed by atoms with Crippen molar-refractivity contribution in [2.75, 3.05) is 0 Å². The van der Waals surface area contributed by atoms with Gasteiger partial charge in [0.05, 0.1) is 23.3 Å². The van der Waals surface area contributed by atoms with Crippen molar-refractivity contribution in [2.24, 2.45) is 0 Å². The van der Waals surface area contributed by atoms with E-state index in [0.29, 0.717) is 4.77 Å². The molecule has 124 valence electrons. The molecule has 0 unspecified atom stereocenters. The molecule has 0 atom stereocenters. The molecule has 6 heteroatoms. The molecule has 0 aliphatic heterocycles. The highest BCUT2D eigenvalue weighted by atomic mass is 79.9. The number of nitrogens with zero attached hydrogens (tertiary/aromatic N) is 3. The maximum Gasteiger partial charge on any atom is 0.182 e. The number of aromatic amines is 1. The molecule has 0 bridgehead atoms. The fourth-order valence-electron chi connectivity index (χ4n) is 2.83. The lowest BCUT2D eigenvalue weighted by molar-refractivity contribution is 0.847. The first-order valence-corrected chi connectivity index (χ1v) is 9.01. The average Bonchev–Trinajstić information content (AvgIpc) is 3.19. The molecule has 0 aliphatic carbocycles. The van der Waals surface area contributed by atoms with Gasteiger partial charge in [-0.3, -0.25) is 4.57 Å². The normalized spacial score (nSPS) is 11.0. The lowest BCUT2D eigenvalue weighted by atomic mass is 10.2. The highest BCUT2D eigenvalue weighted by molar-refractivity contribution is 9.10. The molecule has 25 heavy (non-hydrogen) atoms. The molecule has 0 saturated carbocycles. The van der Waals surface area contributed by atoms with Crippen LogP contribution in [0.4, 0.5) is 0 Å². The van der Waals surface area contributed by atoms with Crippen LogP contribution in [-0.2, 0) is 0 Å². The van der Waals surface area contributed by atoms with Gasteiger partial charge in [0.1, 0.15) is 0 Å². The van der Waals surface area contributed by atoms with Crippen LogP contribution in [-0.4, -0.2) is 19.3 Å². The zero-order chi connectivity index (χ0) is 17.4. The number of halogens is 1. The molecule has 4 rings (SSSR count). The first kappa shape index (κ1) is 16.1. The SMILES string of the molecule is Cc1c(-c2cn(-c3ccc(Br)cc3)c(=S)[nH]2)cnn1-c1ccccc1. The number of aromatic nitrogens is 4. The summed E-state index contributed by atoms with van der Waals surface area (Å²) >= 11 is 8.96. The van der Waals surface area contributed by atoms with E-state index in [9.17, 15) is 0 Å². The number of hydrogen-bond acceptors (Lipinski definition) is 2. The van der Waals surface area contributed by atoms with Crippen LogP contribution in [0.25, 0.3) is 22.6 Å². The monoisotopic (exact) mass is 410 g/mol. The minimum Gasteiger partial charge on any atom is -0.330 e. The van der Waals surface area contributed by atoms with Gasteiger partial charge in [0, 0.05) is 21.9 Å². The Labute approximate surface area is 158 Å². The summed E-state index contributed by atoms with van der Waals surface area (Å²) < 4.78 is 5.60. The highest BCUT2D eigenvalue weighted by Gasteiger charge is 2.13. The number of benzene rings is 2. The Hall–Kier alpha value is -2.44. The third-order valence-electron chi connectivity index (χ3n) is 4.12. The van der Waals surface area contributed by atoms with Crippen LogP contribution in [0, 0.1) is 11.7 Å². The van der Waals surface area contributed by atoms with E-state index in [0.717, 1.165) is 32.8 Å². The number of para-hydroxylation sites is 1. The molecule has 4 nitrogen and oxygen atoms in total. The van der Waals surface area contributed by atoms with E-state index < -0.39 is 0 Å². The average molecular weight is 411 g/mol. The first-order chi connectivity index (χ1) is 12.1. The zero-order valence-electron chi connectivity index (χ0n) is 13.5. The van der Waals surface area contributed by atoms with E-state index in [4.69, 9.17) is 12.2 Å². The topological polar surface area (TPSA) is 38.5 Å². The Kier molecular flexibility index (Phi) is 4.15. The quantitative estimate of drug-likeness (QED) is 0.455. The second-order valence-electron chi connectivity index (χ2n) is 5.71. The summed E-state index contributed by atoms with van der Waals surface area (Å²) in [5, 5.41) is 4.53. The van der Waals surface area contributed by atoms with E-state index in [1.54, 1.807) is 0 Å². The van der Waals surface area contributed by atoms with Crippen molar-refractivity contribution in [1.29, 1.82) is 0 Å².